The van der Waals surface area contributed by atoms with E-state index in [-0.39, 0.29) is 0 Å². The van der Waals surface area contributed by atoms with Crippen molar-refractivity contribution in [2.45, 2.75) is 13.1 Å². The minimum Gasteiger partial charge on any atom is -0.340 e. The van der Waals surface area contributed by atoms with Gasteiger partial charge in [0.1, 0.15) is 5.82 Å². The van der Waals surface area contributed by atoms with Gasteiger partial charge in [-0.25, -0.2) is 4.98 Å². The second-order valence-electron chi connectivity index (χ2n) is 8.50. The van der Waals surface area contributed by atoms with Crippen molar-refractivity contribution in [2.24, 2.45) is 0 Å². The highest BCUT2D eigenvalue weighted by Crippen LogP contribution is 2.30. The molecule has 4 aromatic rings. The van der Waals surface area contributed by atoms with Gasteiger partial charge in [0.15, 0.2) is 0 Å². The van der Waals surface area contributed by atoms with E-state index in [1.807, 2.05) is 24.3 Å². The Balaban J connectivity index is 1.26. The second-order valence-corrected chi connectivity index (χ2v) is 8.50. The average molecular weight is 434 g/mol. The predicted octanol–water partition coefficient (Wildman–Crippen LogP) is 4.93. The highest BCUT2D eigenvalue weighted by molar-refractivity contribution is 5.78. The largest absolute Gasteiger partial charge is 0.340 e. The Bertz CT molecular complexity index is 1160. The fourth-order valence-electron chi connectivity index (χ4n) is 4.38. The minimum atomic E-state index is 0.715. The maximum Gasteiger partial charge on any atom is 0.121 e. The number of nitrogens with one attached hydrogen (secondary N) is 1. The van der Waals surface area contributed by atoms with Crippen molar-refractivity contribution >= 4 is 0 Å². The zero-order chi connectivity index (χ0) is 22.5. The number of nitrogens with zero attached hydrogens (tertiary/aromatic N) is 4. The molecule has 5 heteroatoms. The maximum atomic E-state index is 8.97. The van der Waals surface area contributed by atoms with Gasteiger partial charge < -0.3 is 4.98 Å². The third-order valence-electron chi connectivity index (χ3n) is 6.19. The molecule has 1 aromatic heterocycles. The third kappa shape index (κ3) is 5.04. The zero-order valence-electron chi connectivity index (χ0n) is 18.6. The number of nitriles is 1. The molecule has 1 saturated heterocycles. The molecule has 164 valence electrons. The number of hydrogen-bond donors (Lipinski definition) is 1. The van der Waals surface area contributed by atoms with E-state index in [0.717, 1.165) is 67.6 Å². The van der Waals surface area contributed by atoms with Crippen LogP contribution in [-0.2, 0) is 13.1 Å². The summed E-state index contributed by atoms with van der Waals surface area (Å²) in [7, 11) is 0. The van der Waals surface area contributed by atoms with Crippen molar-refractivity contribution in [3.8, 4) is 28.6 Å². The summed E-state index contributed by atoms with van der Waals surface area (Å²) in [6, 6.07) is 30.9. The van der Waals surface area contributed by atoms with E-state index < -0.39 is 0 Å². The van der Waals surface area contributed by atoms with Gasteiger partial charge in [-0.3, -0.25) is 9.80 Å². The Labute approximate surface area is 194 Å². The molecule has 5 rings (SSSR count). The lowest BCUT2D eigenvalue weighted by Crippen LogP contribution is -2.45. The highest BCUT2D eigenvalue weighted by atomic mass is 15.3. The first-order valence-electron chi connectivity index (χ1n) is 11.4. The van der Waals surface area contributed by atoms with Crippen molar-refractivity contribution in [3.63, 3.8) is 0 Å². The Kier molecular flexibility index (Phi) is 6.30. The van der Waals surface area contributed by atoms with E-state index in [0.29, 0.717) is 5.56 Å². The number of aromatic nitrogens is 2. The summed E-state index contributed by atoms with van der Waals surface area (Å²) in [6.45, 7) is 5.82. The molecule has 1 aliphatic rings. The smallest absolute Gasteiger partial charge is 0.121 e. The van der Waals surface area contributed by atoms with Gasteiger partial charge in [-0.15, -0.1) is 0 Å². The topological polar surface area (TPSA) is 59.0 Å². The summed E-state index contributed by atoms with van der Waals surface area (Å²) >= 11 is 0. The number of rotatable bonds is 6. The number of H-pyrrole nitrogens is 1. The summed E-state index contributed by atoms with van der Waals surface area (Å²) < 4.78 is 0. The Morgan fingerprint density at radius 3 is 1.91 bits per heavy atom. The zero-order valence-corrected chi connectivity index (χ0v) is 18.6. The Morgan fingerprint density at radius 2 is 1.30 bits per heavy atom. The highest BCUT2D eigenvalue weighted by Gasteiger charge is 2.20. The molecule has 5 nitrogen and oxygen atoms in total. The molecule has 2 heterocycles. The summed E-state index contributed by atoms with van der Waals surface area (Å²) in [5.41, 5.74) is 6.35. The maximum absolute atomic E-state index is 8.97. The molecule has 1 fully saturated rings. The van der Waals surface area contributed by atoms with Crippen molar-refractivity contribution in [3.05, 3.63) is 102 Å². The number of aromatic amines is 1. The summed E-state index contributed by atoms with van der Waals surface area (Å²) in [4.78, 5) is 13.6. The van der Waals surface area contributed by atoms with Gasteiger partial charge in [0.05, 0.1) is 29.6 Å². The Hall–Kier alpha value is -3.72. The van der Waals surface area contributed by atoms with Crippen LogP contribution in [0.15, 0.2) is 84.9 Å². The first-order chi connectivity index (χ1) is 16.3. The number of benzene rings is 3. The standard InChI is InChI=1S/C28H27N5/c29-19-22-11-13-23(14-12-22)20-32-15-17-33(18-16-32)21-26-30-27(24-7-3-1-4-8-24)28(31-26)25-9-5-2-6-10-25/h1-14H,15-18,20-21H2,(H,30,31). The van der Waals surface area contributed by atoms with Crippen LogP contribution in [0.4, 0.5) is 0 Å². The van der Waals surface area contributed by atoms with E-state index in [4.69, 9.17) is 10.2 Å². The van der Waals surface area contributed by atoms with Crippen LogP contribution in [-0.4, -0.2) is 45.9 Å². The lowest BCUT2D eigenvalue weighted by Gasteiger charge is -2.34. The molecule has 0 saturated carbocycles. The van der Waals surface area contributed by atoms with E-state index >= 15 is 0 Å². The van der Waals surface area contributed by atoms with Gasteiger partial charge in [0.25, 0.3) is 0 Å². The molecule has 33 heavy (non-hydrogen) atoms. The van der Waals surface area contributed by atoms with E-state index in [1.54, 1.807) is 0 Å². The second kappa shape index (κ2) is 9.83. The normalized spacial score (nSPS) is 14.8. The van der Waals surface area contributed by atoms with Gasteiger partial charge in [0, 0.05) is 43.9 Å². The molecule has 0 amide bonds. The lowest BCUT2D eigenvalue weighted by molar-refractivity contribution is 0.120. The van der Waals surface area contributed by atoms with Crippen molar-refractivity contribution in [2.75, 3.05) is 26.2 Å². The van der Waals surface area contributed by atoms with Crippen molar-refractivity contribution in [1.82, 2.24) is 19.8 Å². The van der Waals surface area contributed by atoms with Crippen molar-refractivity contribution < 1.29 is 0 Å². The monoisotopic (exact) mass is 433 g/mol. The number of imidazole rings is 1. The van der Waals surface area contributed by atoms with Gasteiger partial charge in [-0.1, -0.05) is 72.8 Å². The first kappa shape index (κ1) is 21.1. The van der Waals surface area contributed by atoms with Crippen LogP contribution in [0.2, 0.25) is 0 Å². The molecule has 1 aliphatic heterocycles. The fraction of sp³-hybridized carbons (Fsp3) is 0.214. The van der Waals surface area contributed by atoms with Crippen LogP contribution >= 0.6 is 0 Å². The molecule has 0 unspecified atom stereocenters. The molecule has 0 aliphatic carbocycles. The molecule has 0 atom stereocenters. The van der Waals surface area contributed by atoms with Crippen LogP contribution in [0.25, 0.3) is 22.5 Å². The van der Waals surface area contributed by atoms with Gasteiger partial charge in [-0.05, 0) is 17.7 Å². The fourth-order valence-corrected chi connectivity index (χ4v) is 4.38. The molecule has 1 N–H and O–H groups in total. The number of hydrogen-bond acceptors (Lipinski definition) is 4. The Morgan fingerprint density at radius 1 is 0.727 bits per heavy atom. The van der Waals surface area contributed by atoms with Crippen LogP contribution < -0.4 is 0 Å². The molecule has 0 spiro atoms. The molecule has 3 aromatic carbocycles. The van der Waals surface area contributed by atoms with Gasteiger partial charge in [0.2, 0.25) is 0 Å². The van der Waals surface area contributed by atoms with Crippen LogP contribution in [0, 0.1) is 11.3 Å². The van der Waals surface area contributed by atoms with Gasteiger partial charge in [-0.2, -0.15) is 5.26 Å². The van der Waals surface area contributed by atoms with E-state index in [1.165, 1.54) is 5.56 Å². The number of piperazine rings is 1. The SMILES string of the molecule is N#Cc1ccc(CN2CCN(Cc3nc(-c4ccccc4)c(-c4ccccc4)[nH]3)CC2)cc1. The first-order valence-corrected chi connectivity index (χ1v) is 11.4. The molecular weight excluding hydrogens is 406 g/mol. The summed E-state index contributed by atoms with van der Waals surface area (Å²) in [5, 5.41) is 8.97. The lowest BCUT2D eigenvalue weighted by atomic mass is 10.1. The molecule has 0 bridgehead atoms. The van der Waals surface area contributed by atoms with E-state index in [9.17, 15) is 0 Å². The van der Waals surface area contributed by atoms with Gasteiger partial charge >= 0.3 is 0 Å². The predicted molar refractivity (Wildman–Crippen MR) is 131 cm³/mol. The quantitative estimate of drug-likeness (QED) is 0.468. The minimum absolute atomic E-state index is 0.715. The van der Waals surface area contributed by atoms with Crippen LogP contribution in [0.5, 0.6) is 0 Å². The molecular formula is C28H27N5. The third-order valence-corrected chi connectivity index (χ3v) is 6.19. The summed E-state index contributed by atoms with van der Waals surface area (Å²) in [6.07, 6.45) is 0. The average Bonchev–Trinajstić information content (AvgIpc) is 3.30. The van der Waals surface area contributed by atoms with E-state index in [2.05, 4.69) is 81.5 Å². The summed E-state index contributed by atoms with van der Waals surface area (Å²) in [5.74, 6) is 1.01. The van der Waals surface area contributed by atoms with Crippen molar-refractivity contribution in [1.29, 1.82) is 5.26 Å². The molecule has 0 radical (unpaired) electrons. The van der Waals surface area contributed by atoms with Crippen LogP contribution in [0.1, 0.15) is 17.0 Å². The van der Waals surface area contributed by atoms with Crippen LogP contribution in [0.3, 0.4) is 0 Å².